The summed E-state index contributed by atoms with van der Waals surface area (Å²) in [5.41, 5.74) is 0. The molecule has 0 bridgehead atoms. The number of amides is 1. The van der Waals surface area contributed by atoms with Crippen LogP contribution in [0.25, 0.3) is 0 Å². The number of esters is 1. The molecule has 3 atom stereocenters. The van der Waals surface area contributed by atoms with Crippen LogP contribution in [0.5, 0.6) is 0 Å². The molecule has 3 unspecified atom stereocenters. The number of likely N-dealkylation sites (N-methyl/N-ethyl adjacent to an activating group) is 1. The number of nitrogens with one attached hydrogen (secondary N) is 1. The molecule has 0 aliphatic carbocycles. The second-order valence-electron chi connectivity index (χ2n) is 22.2. The maximum absolute atomic E-state index is 13.6. The first-order chi connectivity index (χ1) is 38.9. The van der Waals surface area contributed by atoms with Crippen LogP contribution < -0.4 is 5.32 Å². The number of hydrogen-bond donors (Lipinski definition) is 2. The molecule has 0 heterocycles. The summed E-state index contributed by atoms with van der Waals surface area (Å²) < 4.78 is 30.7. The first-order valence-corrected chi connectivity index (χ1v) is 33.5. The summed E-state index contributed by atoms with van der Waals surface area (Å²) >= 11 is 0. The van der Waals surface area contributed by atoms with Gasteiger partial charge in [0.2, 0.25) is 5.91 Å². The molecule has 456 valence electrons. The lowest BCUT2D eigenvalue weighted by Crippen LogP contribution is -2.47. The van der Waals surface area contributed by atoms with Gasteiger partial charge in [0.25, 0.3) is 0 Å². The molecule has 0 radical (unpaired) electrons. The Labute approximate surface area is 492 Å². The minimum absolute atomic E-state index is 0.0206. The van der Waals surface area contributed by atoms with Crippen LogP contribution in [0.3, 0.4) is 0 Å². The highest BCUT2D eigenvalue weighted by atomic mass is 31.2. The fourth-order valence-electron chi connectivity index (χ4n) is 8.40. The Bertz CT molecular complexity index is 1830. The molecule has 10 heteroatoms. The Balaban J connectivity index is 5.36. The van der Waals surface area contributed by atoms with Crippen molar-refractivity contribution in [3.63, 3.8) is 0 Å². The van der Waals surface area contributed by atoms with Gasteiger partial charge in [-0.3, -0.25) is 18.6 Å². The summed E-state index contributed by atoms with van der Waals surface area (Å²) in [6, 6.07) is -0.890. The van der Waals surface area contributed by atoms with E-state index in [1.165, 1.54) is 77.0 Å². The van der Waals surface area contributed by atoms with Crippen LogP contribution in [0.4, 0.5) is 0 Å². The maximum Gasteiger partial charge on any atom is 0.472 e. The molecule has 0 aliphatic rings. The van der Waals surface area contributed by atoms with Crippen LogP contribution in [0.15, 0.2) is 134 Å². The van der Waals surface area contributed by atoms with Gasteiger partial charge in [0.1, 0.15) is 19.3 Å². The van der Waals surface area contributed by atoms with Gasteiger partial charge in [-0.15, -0.1) is 0 Å². The van der Waals surface area contributed by atoms with Gasteiger partial charge in [0.15, 0.2) is 0 Å². The largest absolute Gasteiger partial charge is 0.472 e. The number of rotatable bonds is 56. The summed E-state index contributed by atoms with van der Waals surface area (Å²) in [6.45, 7) is 6.80. The number of carbonyl (C=O) groups excluding carboxylic acids is 2. The molecule has 2 N–H and O–H groups in total. The van der Waals surface area contributed by atoms with E-state index < -0.39 is 20.0 Å². The lowest BCUT2D eigenvalue weighted by molar-refractivity contribution is -0.870. The van der Waals surface area contributed by atoms with E-state index in [1.807, 2.05) is 33.3 Å². The molecule has 0 aromatic heterocycles. The molecule has 0 aromatic carbocycles. The number of hydrogen-bond acceptors (Lipinski definition) is 6. The number of phosphoric acid groups is 1. The highest BCUT2D eigenvalue weighted by Gasteiger charge is 2.30. The summed E-state index contributed by atoms with van der Waals surface area (Å²) in [4.78, 5) is 37.8. The van der Waals surface area contributed by atoms with Crippen LogP contribution >= 0.6 is 7.82 Å². The van der Waals surface area contributed by atoms with Gasteiger partial charge >= 0.3 is 13.8 Å². The Hall–Kier alpha value is -3.85. The predicted octanol–water partition coefficient (Wildman–Crippen LogP) is 20.1. The minimum atomic E-state index is -4.48. The molecule has 0 fully saturated rings. The molecule has 0 saturated heterocycles. The fourth-order valence-corrected chi connectivity index (χ4v) is 9.13. The van der Waals surface area contributed by atoms with E-state index in [-0.39, 0.29) is 37.9 Å². The molecular formula is C70H120N2O7P+. The molecule has 0 saturated carbocycles. The van der Waals surface area contributed by atoms with E-state index in [0.717, 1.165) is 122 Å². The molecule has 80 heavy (non-hydrogen) atoms. The highest BCUT2D eigenvalue weighted by molar-refractivity contribution is 7.47. The van der Waals surface area contributed by atoms with Crippen LogP contribution in [0.2, 0.25) is 0 Å². The first-order valence-electron chi connectivity index (χ1n) is 32.0. The quantitative estimate of drug-likeness (QED) is 0.0205. The third-order valence-corrected chi connectivity index (χ3v) is 14.3. The number of ether oxygens (including phenoxy) is 1. The molecule has 0 spiro atoms. The molecule has 9 nitrogen and oxygen atoms in total. The number of quaternary nitrogens is 1. The van der Waals surface area contributed by atoms with Crippen LogP contribution in [0, 0.1) is 0 Å². The smallest absolute Gasteiger partial charge is 0.456 e. The van der Waals surface area contributed by atoms with Crippen LogP contribution in [0.1, 0.15) is 245 Å². The number of unbranched alkanes of at least 4 members (excludes halogenated alkanes) is 20. The first kappa shape index (κ1) is 76.1. The number of allylic oxidation sites excluding steroid dienone is 21. The monoisotopic (exact) mass is 1130 g/mol. The van der Waals surface area contributed by atoms with Crippen molar-refractivity contribution in [3.05, 3.63) is 134 Å². The normalized spacial score (nSPS) is 14.5. The molecule has 0 aromatic rings. The number of carbonyl (C=O) groups is 2. The zero-order chi connectivity index (χ0) is 58.6. The maximum atomic E-state index is 13.6. The molecule has 0 aliphatic heterocycles. The van der Waals surface area contributed by atoms with Crippen molar-refractivity contribution in [1.82, 2.24) is 5.32 Å². The van der Waals surface area contributed by atoms with Crippen LogP contribution in [-0.2, 0) is 27.9 Å². The second-order valence-corrected chi connectivity index (χ2v) is 23.6. The van der Waals surface area contributed by atoms with Gasteiger partial charge in [0, 0.05) is 12.8 Å². The van der Waals surface area contributed by atoms with Crippen molar-refractivity contribution in [3.8, 4) is 0 Å². The lowest BCUT2D eigenvalue weighted by Gasteiger charge is -2.27. The molecular weight excluding hydrogens is 1010 g/mol. The van der Waals surface area contributed by atoms with E-state index in [4.69, 9.17) is 13.8 Å². The average Bonchev–Trinajstić information content (AvgIpc) is 3.42. The van der Waals surface area contributed by atoms with Crippen LogP contribution in [-0.4, -0.2) is 74.3 Å². The third-order valence-electron chi connectivity index (χ3n) is 13.3. The van der Waals surface area contributed by atoms with E-state index in [0.29, 0.717) is 23.9 Å². The topological polar surface area (TPSA) is 111 Å². The lowest BCUT2D eigenvalue weighted by atomic mass is 10.1. The van der Waals surface area contributed by atoms with Crippen molar-refractivity contribution < 1.29 is 37.3 Å². The highest BCUT2D eigenvalue weighted by Crippen LogP contribution is 2.43. The van der Waals surface area contributed by atoms with Gasteiger partial charge in [-0.2, -0.15) is 0 Å². The Kier molecular flexibility index (Phi) is 55.5. The zero-order valence-corrected chi connectivity index (χ0v) is 52.9. The van der Waals surface area contributed by atoms with Gasteiger partial charge in [-0.05, 0) is 128 Å². The van der Waals surface area contributed by atoms with Crippen molar-refractivity contribution in [1.29, 1.82) is 0 Å². The van der Waals surface area contributed by atoms with Gasteiger partial charge < -0.3 is 19.4 Å². The van der Waals surface area contributed by atoms with Crippen molar-refractivity contribution in [2.45, 2.75) is 258 Å². The average molecular weight is 1130 g/mol. The number of phosphoric ester groups is 1. The second kappa shape index (κ2) is 58.4. The third kappa shape index (κ3) is 58.8. The minimum Gasteiger partial charge on any atom is -0.456 e. The standard InChI is InChI=1S/C70H119N2O7P/c1-7-10-13-16-19-22-25-28-30-32-34-36-38-40-42-44-47-50-53-56-59-62-69(73)71-67(66-78-80(75,76)77-65-64-72(4,5)6)68(61-58-55-52-49-46-27-24-21-18-15-12-9-3)79-70(74)63-60-57-54-51-48-45-43-41-39-37-35-33-31-29-26-23-20-17-14-11-8-2/h10,13,19-20,22-23,28-31,34-37,40-43,47,50,58,61,67-68H,7-9,11-12,14-18,21,24-27,32-33,38-39,44-46,48-49,51-57,59-60,62-66H2,1-6H3,(H-,71,73,75,76)/p+1/b13-10-,22-19-,23-20-,30-28-,31-29-,36-34-,37-35-,42-40-,43-41-,50-47-,61-58+. The fraction of sp³-hybridized carbons (Fsp3) is 0.657. The molecule has 1 amide bonds. The molecule has 0 rings (SSSR count). The van der Waals surface area contributed by atoms with Crippen molar-refractivity contribution in [2.24, 2.45) is 0 Å². The van der Waals surface area contributed by atoms with Gasteiger partial charge in [0.05, 0.1) is 33.8 Å². The Morgan fingerprint density at radius 1 is 0.450 bits per heavy atom. The predicted molar refractivity (Wildman–Crippen MR) is 346 cm³/mol. The number of nitrogens with zero attached hydrogens (tertiary/aromatic N) is 1. The summed E-state index contributed by atoms with van der Waals surface area (Å²) in [6.07, 6.45) is 83.1. The van der Waals surface area contributed by atoms with Gasteiger partial charge in [-0.1, -0.05) is 238 Å². The summed E-state index contributed by atoms with van der Waals surface area (Å²) in [7, 11) is 1.43. The van der Waals surface area contributed by atoms with E-state index in [9.17, 15) is 19.0 Å². The Morgan fingerprint density at radius 3 is 1.24 bits per heavy atom. The zero-order valence-electron chi connectivity index (χ0n) is 52.0. The summed E-state index contributed by atoms with van der Waals surface area (Å²) in [5, 5.41) is 3.02. The summed E-state index contributed by atoms with van der Waals surface area (Å²) in [5.74, 6) is -0.586. The van der Waals surface area contributed by atoms with E-state index in [2.05, 4.69) is 148 Å². The van der Waals surface area contributed by atoms with Crippen molar-refractivity contribution in [2.75, 3.05) is 40.9 Å². The van der Waals surface area contributed by atoms with E-state index >= 15 is 0 Å². The Morgan fingerprint density at radius 2 is 0.800 bits per heavy atom. The van der Waals surface area contributed by atoms with Gasteiger partial charge in [-0.25, -0.2) is 4.57 Å². The van der Waals surface area contributed by atoms with E-state index in [1.54, 1.807) is 0 Å². The van der Waals surface area contributed by atoms with Crippen molar-refractivity contribution >= 4 is 19.7 Å². The SMILES string of the molecule is CC/C=C\C/C=C\C/C=C\C/C=C\C/C=C\C/C=C\CCCCC(=O)NC(COP(=O)(O)OCC[N+](C)(C)C)C(/C=C/CCCCCCCCCCCC)OC(=O)CCCCCCC/C=C\C/C=C\C/C=C\C/C=C\CCCCC.